The number of hydrogen-bond donors (Lipinski definition) is 2. The Labute approximate surface area is 111 Å². The van der Waals surface area contributed by atoms with Crippen LogP contribution in [0.25, 0.3) is 0 Å². The molecular weight excluding hydrogens is 240 g/mol. The summed E-state index contributed by atoms with van der Waals surface area (Å²) in [7, 11) is 1.87. The highest BCUT2D eigenvalue weighted by atomic mass is 15.3. The molecule has 1 heterocycles. The number of benzene rings is 1. The van der Waals surface area contributed by atoms with Gasteiger partial charge in [-0.25, -0.2) is 4.98 Å². The summed E-state index contributed by atoms with van der Waals surface area (Å²) >= 11 is 0. The number of aryl methyl sites for hydroxylation is 2. The highest BCUT2D eigenvalue weighted by Crippen LogP contribution is 2.20. The largest absolute Gasteiger partial charge is 0.384 e. The zero-order valence-electron chi connectivity index (χ0n) is 11.2. The van der Waals surface area contributed by atoms with Gasteiger partial charge < -0.3 is 10.6 Å². The topological polar surface area (TPSA) is 91.8 Å². The molecule has 0 saturated carbocycles. The Morgan fingerprint density at radius 2 is 1.74 bits per heavy atom. The molecule has 2 aromatic rings. The summed E-state index contributed by atoms with van der Waals surface area (Å²) < 4.78 is 0. The van der Waals surface area contributed by atoms with E-state index in [2.05, 4.69) is 15.2 Å². The number of hydrogen-bond acceptors (Lipinski definition) is 5. The van der Waals surface area contributed by atoms with Crippen LogP contribution in [-0.2, 0) is 0 Å². The van der Waals surface area contributed by atoms with Crippen LogP contribution in [0.5, 0.6) is 0 Å². The molecule has 0 amide bonds. The van der Waals surface area contributed by atoms with E-state index in [4.69, 9.17) is 11.1 Å². The lowest BCUT2D eigenvalue weighted by Crippen LogP contribution is -2.16. The van der Waals surface area contributed by atoms with Crippen LogP contribution in [0.15, 0.2) is 24.3 Å². The van der Waals surface area contributed by atoms with Gasteiger partial charge in [-0.2, -0.15) is 5.10 Å². The number of nitrogen functional groups attached to an aromatic ring is 1. The van der Waals surface area contributed by atoms with E-state index in [1.807, 2.05) is 37.9 Å². The predicted octanol–water partition coefficient (Wildman–Crippen LogP) is 1.54. The minimum atomic E-state index is 0.0540. The minimum Gasteiger partial charge on any atom is -0.384 e. The third-order valence-corrected chi connectivity index (χ3v) is 2.95. The third kappa shape index (κ3) is 2.67. The lowest BCUT2D eigenvalue weighted by Gasteiger charge is -2.17. The Morgan fingerprint density at radius 1 is 1.11 bits per heavy atom. The fourth-order valence-electron chi connectivity index (χ4n) is 1.57. The van der Waals surface area contributed by atoms with Gasteiger partial charge in [0.15, 0.2) is 0 Å². The molecule has 98 valence electrons. The number of amidine groups is 1. The monoisotopic (exact) mass is 256 g/mol. The number of nitrogens with two attached hydrogens (primary N) is 1. The summed E-state index contributed by atoms with van der Waals surface area (Å²) in [6, 6.07) is 7.33. The molecule has 0 spiro atoms. The average Bonchev–Trinajstić information content (AvgIpc) is 2.41. The van der Waals surface area contributed by atoms with Crippen molar-refractivity contribution < 1.29 is 0 Å². The molecule has 0 fully saturated rings. The molecule has 19 heavy (non-hydrogen) atoms. The smallest absolute Gasteiger partial charge is 0.249 e. The fourth-order valence-corrected chi connectivity index (χ4v) is 1.57. The minimum absolute atomic E-state index is 0.0540. The van der Waals surface area contributed by atoms with Crippen LogP contribution in [0.3, 0.4) is 0 Å². The lowest BCUT2D eigenvalue weighted by molar-refractivity contribution is 0.871. The molecule has 0 atom stereocenters. The van der Waals surface area contributed by atoms with Crippen LogP contribution in [-0.4, -0.2) is 28.1 Å². The number of aromatic nitrogens is 3. The van der Waals surface area contributed by atoms with E-state index in [0.29, 0.717) is 11.5 Å². The Balaban J connectivity index is 2.30. The molecule has 6 heteroatoms. The fraction of sp³-hybridized carbons (Fsp3) is 0.231. The lowest BCUT2D eigenvalue weighted by atomic mass is 10.2. The van der Waals surface area contributed by atoms with E-state index in [1.165, 1.54) is 0 Å². The molecule has 6 nitrogen and oxygen atoms in total. The Morgan fingerprint density at radius 3 is 2.26 bits per heavy atom. The molecule has 0 radical (unpaired) electrons. The Hall–Kier alpha value is -2.50. The van der Waals surface area contributed by atoms with E-state index < -0.39 is 0 Å². The normalized spacial score (nSPS) is 10.3. The molecular formula is C13H16N6. The van der Waals surface area contributed by atoms with E-state index in [9.17, 15) is 0 Å². The van der Waals surface area contributed by atoms with Crippen molar-refractivity contribution >= 4 is 17.5 Å². The van der Waals surface area contributed by atoms with E-state index in [1.54, 1.807) is 12.1 Å². The van der Waals surface area contributed by atoms with E-state index in [0.717, 1.165) is 17.1 Å². The number of nitrogens with one attached hydrogen (secondary N) is 1. The van der Waals surface area contributed by atoms with Crippen molar-refractivity contribution in [3.63, 3.8) is 0 Å². The second-order valence-electron chi connectivity index (χ2n) is 4.30. The van der Waals surface area contributed by atoms with Crippen molar-refractivity contribution in [1.82, 2.24) is 15.2 Å². The van der Waals surface area contributed by atoms with Gasteiger partial charge in [0, 0.05) is 18.3 Å². The van der Waals surface area contributed by atoms with Crippen LogP contribution in [0.2, 0.25) is 0 Å². The maximum atomic E-state index is 7.36. The van der Waals surface area contributed by atoms with Crippen molar-refractivity contribution in [3.05, 3.63) is 41.2 Å². The van der Waals surface area contributed by atoms with Gasteiger partial charge in [-0.3, -0.25) is 5.41 Å². The van der Waals surface area contributed by atoms with Crippen molar-refractivity contribution in [2.45, 2.75) is 13.8 Å². The maximum absolute atomic E-state index is 7.36. The zero-order valence-corrected chi connectivity index (χ0v) is 11.2. The summed E-state index contributed by atoms with van der Waals surface area (Å²) in [6.45, 7) is 3.78. The zero-order chi connectivity index (χ0) is 14.0. The van der Waals surface area contributed by atoms with Gasteiger partial charge in [0.25, 0.3) is 0 Å². The predicted molar refractivity (Wildman–Crippen MR) is 74.8 cm³/mol. The molecule has 0 aliphatic rings. The molecule has 0 bridgehead atoms. The van der Waals surface area contributed by atoms with Gasteiger partial charge in [-0.1, -0.05) is 0 Å². The highest BCUT2D eigenvalue weighted by molar-refractivity contribution is 5.95. The summed E-state index contributed by atoms with van der Waals surface area (Å²) in [5.41, 5.74) is 8.71. The molecule has 0 aliphatic heterocycles. The Kier molecular flexibility index (Phi) is 3.41. The molecule has 1 aromatic heterocycles. The number of anilines is 2. The van der Waals surface area contributed by atoms with E-state index in [-0.39, 0.29) is 5.84 Å². The number of rotatable bonds is 3. The first-order chi connectivity index (χ1) is 8.99. The van der Waals surface area contributed by atoms with Crippen LogP contribution >= 0.6 is 0 Å². The summed E-state index contributed by atoms with van der Waals surface area (Å²) in [5.74, 6) is 0.594. The number of nitrogens with zero attached hydrogens (tertiary/aromatic N) is 4. The summed E-state index contributed by atoms with van der Waals surface area (Å²) in [5, 5.41) is 15.5. The van der Waals surface area contributed by atoms with Crippen LogP contribution in [0.4, 0.5) is 11.6 Å². The molecule has 1 aromatic carbocycles. The third-order valence-electron chi connectivity index (χ3n) is 2.95. The van der Waals surface area contributed by atoms with E-state index >= 15 is 0 Å². The van der Waals surface area contributed by atoms with Crippen molar-refractivity contribution in [2.75, 3.05) is 11.9 Å². The van der Waals surface area contributed by atoms with Crippen LogP contribution in [0.1, 0.15) is 17.0 Å². The molecule has 0 unspecified atom stereocenters. The average molecular weight is 256 g/mol. The van der Waals surface area contributed by atoms with Crippen LogP contribution < -0.4 is 10.6 Å². The summed E-state index contributed by atoms with van der Waals surface area (Å²) in [6.07, 6.45) is 0. The molecule has 2 rings (SSSR count). The molecule has 3 N–H and O–H groups in total. The van der Waals surface area contributed by atoms with Gasteiger partial charge in [0.05, 0.1) is 11.4 Å². The molecule has 0 saturated heterocycles. The van der Waals surface area contributed by atoms with Gasteiger partial charge in [-0.05, 0) is 38.1 Å². The van der Waals surface area contributed by atoms with Crippen LogP contribution in [0, 0.1) is 19.3 Å². The maximum Gasteiger partial charge on any atom is 0.249 e. The first kappa shape index (κ1) is 12.9. The van der Waals surface area contributed by atoms with Crippen molar-refractivity contribution in [2.24, 2.45) is 5.73 Å². The first-order valence-electron chi connectivity index (χ1n) is 5.85. The summed E-state index contributed by atoms with van der Waals surface area (Å²) in [4.78, 5) is 6.23. The Bertz CT molecular complexity index is 605. The van der Waals surface area contributed by atoms with Gasteiger partial charge in [0.2, 0.25) is 5.95 Å². The quantitative estimate of drug-likeness (QED) is 0.642. The van der Waals surface area contributed by atoms with Crippen molar-refractivity contribution in [1.29, 1.82) is 5.41 Å². The second-order valence-corrected chi connectivity index (χ2v) is 4.30. The standard InChI is InChI=1S/C13H16N6/c1-8-9(2)17-18-13(16-8)19(3)11-6-4-10(5-7-11)12(14)15/h4-7H,1-3H3,(H3,14,15). The second kappa shape index (κ2) is 5.01. The van der Waals surface area contributed by atoms with Gasteiger partial charge >= 0.3 is 0 Å². The highest BCUT2D eigenvalue weighted by Gasteiger charge is 2.09. The van der Waals surface area contributed by atoms with Crippen molar-refractivity contribution in [3.8, 4) is 0 Å². The molecule has 0 aliphatic carbocycles. The van der Waals surface area contributed by atoms with Gasteiger partial charge in [-0.15, -0.1) is 5.10 Å². The SMILES string of the molecule is Cc1nnc(N(C)c2ccc(C(=N)N)cc2)nc1C. The van der Waals surface area contributed by atoms with Gasteiger partial charge in [0.1, 0.15) is 5.84 Å². The first-order valence-corrected chi connectivity index (χ1v) is 5.85.